The van der Waals surface area contributed by atoms with Crippen molar-refractivity contribution in [2.75, 3.05) is 4.90 Å². The number of carbonyl (C=O) groups excluding carboxylic acids is 2. The summed E-state index contributed by atoms with van der Waals surface area (Å²) in [7, 11) is 0. The molecule has 2 rings (SSSR count). The van der Waals surface area contributed by atoms with Crippen LogP contribution in [0.5, 0.6) is 0 Å². The average molecular weight is 233 g/mol. The maximum atomic E-state index is 11.8. The highest BCUT2D eigenvalue weighted by molar-refractivity contribution is 6.21. The molecule has 2 heterocycles. The highest BCUT2D eigenvalue weighted by atomic mass is 16.2. The largest absolute Gasteiger partial charge is 0.329 e. The molecular weight excluding hydrogens is 218 g/mol. The highest BCUT2D eigenvalue weighted by Crippen LogP contribution is 2.21. The number of carbonyl (C=O) groups is 2. The summed E-state index contributed by atoms with van der Waals surface area (Å²) in [5, 5.41) is 2.59. The Hall–Kier alpha value is -1.91. The smallest absolute Gasteiger partial charge is 0.326 e. The maximum Gasteiger partial charge on any atom is 0.329 e. The van der Waals surface area contributed by atoms with Crippen LogP contribution < -0.4 is 10.2 Å². The average Bonchev–Trinajstić information content (AvgIpc) is 2.52. The lowest BCUT2D eigenvalue weighted by atomic mass is 10.2. The van der Waals surface area contributed by atoms with Gasteiger partial charge in [-0.05, 0) is 32.4 Å². The van der Waals surface area contributed by atoms with Gasteiger partial charge in [0, 0.05) is 11.4 Å². The molecular formula is C12H15N3O2. The predicted octanol–water partition coefficient (Wildman–Crippen LogP) is 1.40. The van der Waals surface area contributed by atoms with Crippen LogP contribution in [0.25, 0.3) is 0 Å². The number of urea groups is 1. The van der Waals surface area contributed by atoms with Gasteiger partial charge >= 0.3 is 6.03 Å². The van der Waals surface area contributed by atoms with Crippen molar-refractivity contribution in [2.24, 2.45) is 0 Å². The van der Waals surface area contributed by atoms with Crippen LogP contribution in [0.2, 0.25) is 0 Å². The van der Waals surface area contributed by atoms with Gasteiger partial charge in [0.2, 0.25) is 0 Å². The van der Waals surface area contributed by atoms with Gasteiger partial charge in [-0.3, -0.25) is 9.78 Å². The summed E-state index contributed by atoms with van der Waals surface area (Å²) >= 11 is 0. The Kier molecular flexibility index (Phi) is 2.83. The molecule has 0 aromatic carbocycles. The van der Waals surface area contributed by atoms with Gasteiger partial charge in [-0.2, -0.15) is 0 Å². The first-order chi connectivity index (χ1) is 8.02. The Balaban J connectivity index is 2.43. The summed E-state index contributed by atoms with van der Waals surface area (Å²) in [5.41, 5.74) is 2.28. The number of amides is 3. The number of nitrogens with one attached hydrogen (secondary N) is 1. The van der Waals surface area contributed by atoms with Crippen molar-refractivity contribution < 1.29 is 9.59 Å². The predicted molar refractivity (Wildman–Crippen MR) is 63.8 cm³/mol. The number of nitrogens with zero attached hydrogens (tertiary/aromatic N) is 2. The molecule has 1 aliphatic rings. The highest BCUT2D eigenvalue weighted by Gasteiger charge is 2.36. The van der Waals surface area contributed by atoms with Crippen molar-refractivity contribution in [2.45, 2.75) is 33.2 Å². The number of anilines is 1. The lowest BCUT2D eigenvalue weighted by molar-refractivity contribution is -0.117. The molecule has 1 atom stereocenters. The minimum absolute atomic E-state index is 0.220. The Labute approximate surface area is 99.8 Å². The van der Waals surface area contributed by atoms with E-state index >= 15 is 0 Å². The standard InChI is InChI=1S/C12H15N3O2/c1-4-9-6-10(5-7(2)13-9)15-11(16)8(3)14-12(15)17/h5-6,8H,4H2,1-3H3,(H,14,17). The van der Waals surface area contributed by atoms with E-state index in [1.807, 2.05) is 13.8 Å². The zero-order valence-corrected chi connectivity index (χ0v) is 10.2. The molecule has 3 amide bonds. The lowest BCUT2D eigenvalue weighted by Gasteiger charge is -2.14. The number of aryl methyl sites for hydroxylation is 2. The van der Waals surface area contributed by atoms with E-state index in [1.54, 1.807) is 19.1 Å². The van der Waals surface area contributed by atoms with E-state index in [2.05, 4.69) is 10.3 Å². The summed E-state index contributed by atoms with van der Waals surface area (Å²) in [4.78, 5) is 29.0. The number of imide groups is 1. The number of aromatic nitrogens is 1. The molecule has 1 aromatic rings. The van der Waals surface area contributed by atoms with E-state index < -0.39 is 6.04 Å². The number of rotatable bonds is 2. The molecule has 0 bridgehead atoms. The fraction of sp³-hybridized carbons (Fsp3) is 0.417. The molecule has 5 nitrogen and oxygen atoms in total. The fourth-order valence-electron chi connectivity index (χ4n) is 1.88. The van der Waals surface area contributed by atoms with Crippen LogP contribution in [0, 0.1) is 6.92 Å². The van der Waals surface area contributed by atoms with Crippen LogP contribution in [0.1, 0.15) is 25.2 Å². The monoisotopic (exact) mass is 233 g/mol. The zero-order chi connectivity index (χ0) is 12.6. The molecule has 0 spiro atoms. The van der Waals surface area contributed by atoms with Crippen molar-refractivity contribution in [3.8, 4) is 0 Å². The number of hydrogen-bond acceptors (Lipinski definition) is 3. The Morgan fingerprint density at radius 3 is 2.65 bits per heavy atom. The van der Waals surface area contributed by atoms with Crippen molar-refractivity contribution in [1.29, 1.82) is 0 Å². The van der Waals surface area contributed by atoms with E-state index in [9.17, 15) is 9.59 Å². The maximum absolute atomic E-state index is 11.8. The molecule has 17 heavy (non-hydrogen) atoms. The van der Waals surface area contributed by atoms with Crippen molar-refractivity contribution in [3.63, 3.8) is 0 Å². The second-order valence-corrected chi connectivity index (χ2v) is 4.16. The van der Waals surface area contributed by atoms with Crippen molar-refractivity contribution >= 4 is 17.6 Å². The first kappa shape index (κ1) is 11.6. The van der Waals surface area contributed by atoms with Gasteiger partial charge in [-0.1, -0.05) is 6.92 Å². The Morgan fingerprint density at radius 2 is 2.12 bits per heavy atom. The Morgan fingerprint density at radius 1 is 1.41 bits per heavy atom. The SMILES string of the molecule is CCc1cc(N2C(=O)NC(C)C2=O)cc(C)n1. The van der Waals surface area contributed by atoms with Crippen LogP contribution in [0.4, 0.5) is 10.5 Å². The van der Waals surface area contributed by atoms with E-state index in [0.29, 0.717) is 5.69 Å². The summed E-state index contributed by atoms with van der Waals surface area (Å²) < 4.78 is 0. The van der Waals surface area contributed by atoms with Crippen molar-refractivity contribution in [1.82, 2.24) is 10.3 Å². The quantitative estimate of drug-likeness (QED) is 0.785. The summed E-state index contributed by atoms with van der Waals surface area (Å²) in [6, 6.07) is 2.70. The van der Waals surface area contributed by atoms with E-state index in [4.69, 9.17) is 0 Å². The van der Waals surface area contributed by atoms with Gasteiger partial charge in [0.15, 0.2) is 0 Å². The molecule has 0 radical (unpaired) electrons. The van der Waals surface area contributed by atoms with Crippen LogP contribution in [0.15, 0.2) is 12.1 Å². The molecule has 1 unspecified atom stereocenters. The van der Waals surface area contributed by atoms with Crippen LogP contribution in [0.3, 0.4) is 0 Å². The second-order valence-electron chi connectivity index (χ2n) is 4.16. The fourth-order valence-corrected chi connectivity index (χ4v) is 1.88. The first-order valence-electron chi connectivity index (χ1n) is 5.65. The minimum atomic E-state index is -0.457. The molecule has 1 fully saturated rings. The van der Waals surface area contributed by atoms with Crippen LogP contribution in [-0.4, -0.2) is 23.0 Å². The molecule has 0 saturated carbocycles. The van der Waals surface area contributed by atoms with E-state index in [0.717, 1.165) is 17.8 Å². The van der Waals surface area contributed by atoms with Crippen LogP contribution in [-0.2, 0) is 11.2 Å². The first-order valence-corrected chi connectivity index (χ1v) is 5.65. The van der Waals surface area contributed by atoms with Gasteiger partial charge in [0.1, 0.15) is 6.04 Å². The molecule has 5 heteroatoms. The minimum Gasteiger partial charge on any atom is -0.326 e. The van der Waals surface area contributed by atoms with Gasteiger partial charge < -0.3 is 5.32 Å². The third-order valence-electron chi connectivity index (χ3n) is 2.75. The summed E-state index contributed by atoms with van der Waals surface area (Å²) in [6.45, 7) is 5.51. The van der Waals surface area contributed by atoms with Gasteiger partial charge in [0.25, 0.3) is 5.91 Å². The molecule has 90 valence electrons. The molecule has 0 aliphatic carbocycles. The topological polar surface area (TPSA) is 62.3 Å². The van der Waals surface area contributed by atoms with Gasteiger partial charge in [-0.15, -0.1) is 0 Å². The van der Waals surface area contributed by atoms with Crippen molar-refractivity contribution in [3.05, 3.63) is 23.5 Å². The zero-order valence-electron chi connectivity index (χ0n) is 10.2. The third-order valence-corrected chi connectivity index (χ3v) is 2.75. The summed E-state index contributed by atoms with van der Waals surface area (Å²) in [6.07, 6.45) is 0.772. The van der Waals surface area contributed by atoms with E-state index in [1.165, 1.54) is 4.90 Å². The molecule has 1 N–H and O–H groups in total. The Bertz CT molecular complexity index is 485. The number of pyridine rings is 1. The molecule has 1 aromatic heterocycles. The molecule has 1 aliphatic heterocycles. The number of hydrogen-bond donors (Lipinski definition) is 1. The second kappa shape index (κ2) is 4.16. The lowest BCUT2D eigenvalue weighted by Crippen LogP contribution is -2.31. The summed E-state index contributed by atoms with van der Waals surface area (Å²) in [5.74, 6) is -0.220. The third kappa shape index (κ3) is 2.00. The van der Waals surface area contributed by atoms with Gasteiger partial charge in [-0.25, -0.2) is 9.69 Å². The normalized spacial score (nSPS) is 19.7. The van der Waals surface area contributed by atoms with Gasteiger partial charge in [0.05, 0.1) is 5.69 Å². The molecule has 1 saturated heterocycles. The van der Waals surface area contributed by atoms with Crippen LogP contribution >= 0.6 is 0 Å². The van der Waals surface area contributed by atoms with E-state index in [-0.39, 0.29) is 11.9 Å².